The van der Waals surface area contributed by atoms with E-state index in [4.69, 9.17) is 4.98 Å². The maximum Gasteiger partial charge on any atom is 0.242 e. The number of benzene rings is 5. The molecule has 0 radical (unpaired) electrons. The van der Waals surface area contributed by atoms with Crippen molar-refractivity contribution in [1.29, 1.82) is 0 Å². The number of rotatable bonds is 6. The molecular formula is C35H26BN. The summed E-state index contributed by atoms with van der Waals surface area (Å²) >= 11 is 0. The predicted octanol–water partition coefficient (Wildman–Crippen LogP) is 7.29. The summed E-state index contributed by atoms with van der Waals surface area (Å²) < 4.78 is 0. The Morgan fingerprint density at radius 2 is 1.05 bits per heavy atom. The molecule has 2 heteroatoms. The fraction of sp³-hybridized carbons (Fsp3) is 0. The SMILES string of the molecule is C(=C(\B(c1ccccc1)c1ccccc1)c1ccccc1)/c1cc(-c2ccccc2)c2ccccc2n1. The van der Waals surface area contributed by atoms with Crippen molar-refractivity contribution in [3.8, 4) is 11.1 Å². The maximum atomic E-state index is 5.12. The fourth-order valence-corrected chi connectivity index (χ4v) is 5.09. The highest BCUT2D eigenvalue weighted by Gasteiger charge is 2.25. The molecule has 0 spiro atoms. The minimum Gasteiger partial charge on any atom is -0.248 e. The van der Waals surface area contributed by atoms with Crippen LogP contribution in [0.1, 0.15) is 11.3 Å². The summed E-state index contributed by atoms with van der Waals surface area (Å²) in [5.41, 5.74) is 9.27. The highest BCUT2D eigenvalue weighted by molar-refractivity contribution is 7.00. The molecule has 6 rings (SSSR count). The van der Waals surface area contributed by atoms with Crippen molar-refractivity contribution in [3.63, 3.8) is 0 Å². The van der Waals surface area contributed by atoms with Gasteiger partial charge < -0.3 is 0 Å². The lowest BCUT2D eigenvalue weighted by atomic mass is 9.35. The lowest BCUT2D eigenvalue weighted by Gasteiger charge is -2.20. The van der Waals surface area contributed by atoms with E-state index in [2.05, 4.69) is 158 Å². The number of hydrogen-bond acceptors (Lipinski definition) is 1. The minimum absolute atomic E-state index is 0.0678. The second kappa shape index (κ2) is 10.5. The van der Waals surface area contributed by atoms with Crippen LogP contribution < -0.4 is 10.9 Å². The Morgan fingerprint density at radius 1 is 0.541 bits per heavy atom. The van der Waals surface area contributed by atoms with Crippen LogP contribution in [0.2, 0.25) is 0 Å². The van der Waals surface area contributed by atoms with Gasteiger partial charge in [0.05, 0.1) is 11.2 Å². The van der Waals surface area contributed by atoms with E-state index in [1.54, 1.807) is 0 Å². The Kier molecular flexibility index (Phi) is 6.47. The van der Waals surface area contributed by atoms with Crippen molar-refractivity contribution in [1.82, 2.24) is 4.98 Å². The maximum absolute atomic E-state index is 5.12. The van der Waals surface area contributed by atoms with Crippen molar-refractivity contribution >= 4 is 40.1 Å². The number of nitrogens with zero attached hydrogens (tertiary/aromatic N) is 1. The molecule has 0 fully saturated rings. The van der Waals surface area contributed by atoms with Gasteiger partial charge >= 0.3 is 0 Å². The third kappa shape index (κ3) is 4.87. The first-order valence-electron chi connectivity index (χ1n) is 12.7. The molecule has 0 saturated carbocycles. The molecule has 0 N–H and O–H groups in total. The normalized spacial score (nSPS) is 11.4. The van der Waals surface area contributed by atoms with Crippen molar-refractivity contribution in [2.45, 2.75) is 0 Å². The average Bonchev–Trinajstić information content (AvgIpc) is 2.98. The van der Waals surface area contributed by atoms with E-state index < -0.39 is 0 Å². The molecule has 1 heterocycles. The Labute approximate surface area is 218 Å². The van der Waals surface area contributed by atoms with Gasteiger partial charge in [0.25, 0.3) is 0 Å². The summed E-state index contributed by atoms with van der Waals surface area (Å²) in [7, 11) is 0. The van der Waals surface area contributed by atoms with E-state index in [-0.39, 0.29) is 6.71 Å². The first kappa shape index (κ1) is 22.8. The number of hydrogen-bond donors (Lipinski definition) is 0. The molecule has 1 nitrogen and oxygen atoms in total. The topological polar surface area (TPSA) is 12.9 Å². The molecule has 0 unspecified atom stereocenters. The van der Waals surface area contributed by atoms with E-state index in [0.717, 1.165) is 16.6 Å². The summed E-state index contributed by atoms with van der Waals surface area (Å²) in [4.78, 5) is 5.12. The third-order valence-corrected chi connectivity index (χ3v) is 6.81. The van der Waals surface area contributed by atoms with Gasteiger partial charge in [-0.2, -0.15) is 0 Å². The summed E-state index contributed by atoms with van der Waals surface area (Å²) in [5.74, 6) is 0. The second-order valence-electron chi connectivity index (χ2n) is 9.20. The molecule has 37 heavy (non-hydrogen) atoms. The predicted molar refractivity (Wildman–Crippen MR) is 159 cm³/mol. The van der Waals surface area contributed by atoms with E-state index in [1.807, 2.05) is 0 Å². The van der Waals surface area contributed by atoms with Gasteiger partial charge in [0.1, 0.15) is 0 Å². The van der Waals surface area contributed by atoms with Gasteiger partial charge in [0, 0.05) is 5.39 Å². The highest BCUT2D eigenvalue weighted by atomic mass is 14.7. The first-order chi connectivity index (χ1) is 18.4. The smallest absolute Gasteiger partial charge is 0.242 e. The molecule has 0 amide bonds. The third-order valence-electron chi connectivity index (χ3n) is 6.81. The second-order valence-corrected chi connectivity index (χ2v) is 9.20. The molecular weight excluding hydrogens is 445 g/mol. The lowest BCUT2D eigenvalue weighted by molar-refractivity contribution is 1.37. The van der Waals surface area contributed by atoms with Crippen LogP contribution in [-0.2, 0) is 0 Å². The summed E-state index contributed by atoms with van der Waals surface area (Å²) in [6.07, 6.45) is 2.28. The van der Waals surface area contributed by atoms with Crippen LogP contribution in [0.3, 0.4) is 0 Å². The Hall–Kier alpha value is -4.69. The average molecular weight is 471 g/mol. The van der Waals surface area contributed by atoms with Crippen LogP contribution in [-0.4, -0.2) is 11.7 Å². The van der Waals surface area contributed by atoms with Gasteiger partial charge in [-0.3, -0.25) is 0 Å². The van der Waals surface area contributed by atoms with E-state index in [9.17, 15) is 0 Å². The van der Waals surface area contributed by atoms with Crippen molar-refractivity contribution < 1.29 is 0 Å². The van der Waals surface area contributed by atoms with E-state index >= 15 is 0 Å². The van der Waals surface area contributed by atoms with Gasteiger partial charge in [-0.1, -0.05) is 156 Å². The highest BCUT2D eigenvalue weighted by Crippen LogP contribution is 2.30. The van der Waals surface area contributed by atoms with E-state index in [0.29, 0.717) is 0 Å². The monoisotopic (exact) mass is 471 g/mol. The quantitative estimate of drug-likeness (QED) is 0.233. The lowest BCUT2D eigenvalue weighted by Crippen LogP contribution is -2.43. The van der Waals surface area contributed by atoms with Crippen molar-refractivity contribution in [2.75, 3.05) is 0 Å². The zero-order chi connectivity index (χ0) is 24.9. The van der Waals surface area contributed by atoms with Crippen LogP contribution >= 0.6 is 0 Å². The molecule has 1 aromatic heterocycles. The molecule has 174 valence electrons. The zero-order valence-corrected chi connectivity index (χ0v) is 20.5. The zero-order valence-electron chi connectivity index (χ0n) is 20.5. The molecule has 5 aromatic carbocycles. The number of fused-ring (bicyclic) bond motifs is 1. The van der Waals surface area contributed by atoms with E-state index in [1.165, 1.54) is 33.1 Å². The molecule has 0 bridgehead atoms. The summed E-state index contributed by atoms with van der Waals surface area (Å²) in [6.45, 7) is 0.0678. The summed E-state index contributed by atoms with van der Waals surface area (Å²) in [5, 5.41) is 1.16. The minimum atomic E-state index is 0.0678. The standard InChI is InChI=1S/C35H26BN/c1-5-15-27(16-6-1)33-25-31(37-35-24-14-13-23-32(33)35)26-34(28-17-7-2-8-18-28)36(29-19-9-3-10-20-29)30-21-11-4-12-22-30/h1-26H/b34-26+. The summed E-state index contributed by atoms with van der Waals surface area (Å²) in [6, 6.07) is 53.4. The van der Waals surface area contributed by atoms with Gasteiger partial charge in [-0.05, 0) is 34.9 Å². The Morgan fingerprint density at radius 3 is 1.68 bits per heavy atom. The van der Waals surface area contributed by atoms with Crippen LogP contribution in [0, 0.1) is 0 Å². The molecule has 6 aromatic rings. The first-order valence-corrected chi connectivity index (χ1v) is 12.7. The number of para-hydroxylation sites is 1. The molecule has 0 atom stereocenters. The number of aromatic nitrogens is 1. The van der Waals surface area contributed by atoms with Gasteiger partial charge in [-0.25, -0.2) is 4.98 Å². The van der Waals surface area contributed by atoms with Gasteiger partial charge in [0.15, 0.2) is 0 Å². The van der Waals surface area contributed by atoms with Crippen LogP contribution in [0.5, 0.6) is 0 Å². The van der Waals surface area contributed by atoms with Crippen molar-refractivity contribution in [3.05, 3.63) is 163 Å². The van der Waals surface area contributed by atoms with Crippen LogP contribution in [0.4, 0.5) is 0 Å². The Bertz CT molecular complexity index is 1600. The van der Waals surface area contributed by atoms with Crippen molar-refractivity contribution in [2.24, 2.45) is 0 Å². The van der Waals surface area contributed by atoms with Gasteiger partial charge in [0.2, 0.25) is 6.71 Å². The van der Waals surface area contributed by atoms with Crippen LogP contribution in [0.15, 0.2) is 152 Å². The number of pyridine rings is 1. The molecule has 0 aliphatic rings. The molecule has 0 aliphatic heterocycles. The van der Waals surface area contributed by atoms with Gasteiger partial charge in [-0.15, -0.1) is 0 Å². The Balaban J connectivity index is 1.61. The molecule has 0 aliphatic carbocycles. The molecule has 0 saturated heterocycles. The largest absolute Gasteiger partial charge is 0.248 e. The fourth-order valence-electron chi connectivity index (χ4n) is 5.09. The van der Waals surface area contributed by atoms with Crippen LogP contribution in [0.25, 0.3) is 33.6 Å².